The molecule has 0 aromatic heterocycles. The zero-order valence-corrected chi connectivity index (χ0v) is 7.46. The summed E-state index contributed by atoms with van der Waals surface area (Å²) >= 11 is 0. The molecule has 0 aromatic carbocycles. The Morgan fingerprint density at radius 1 is 1.62 bits per heavy atom. The molecule has 0 aromatic rings. The van der Waals surface area contributed by atoms with Crippen molar-refractivity contribution in [1.82, 2.24) is 10.6 Å². The standard InChI is InChI=1S/C8H13N3O2/c1-4-2-5(4)8(3-9)6(12)10-7(13)11-8/h4-5H,2-3,9H2,1H3,(H2,10,11,12,13). The molecule has 13 heavy (non-hydrogen) atoms. The number of carbonyl (C=O) groups is 2. The van der Waals surface area contributed by atoms with Gasteiger partial charge in [0.2, 0.25) is 0 Å². The fourth-order valence-corrected chi connectivity index (χ4v) is 2.07. The molecule has 2 aliphatic rings. The molecule has 5 heteroatoms. The van der Waals surface area contributed by atoms with Gasteiger partial charge in [-0.25, -0.2) is 4.79 Å². The van der Waals surface area contributed by atoms with Gasteiger partial charge in [0.05, 0.1) is 0 Å². The second kappa shape index (κ2) is 2.45. The van der Waals surface area contributed by atoms with Gasteiger partial charge in [0.1, 0.15) is 5.54 Å². The summed E-state index contributed by atoms with van der Waals surface area (Å²) in [5.74, 6) is 0.422. The van der Waals surface area contributed by atoms with Crippen LogP contribution in [0, 0.1) is 11.8 Å². The van der Waals surface area contributed by atoms with Crippen molar-refractivity contribution < 1.29 is 9.59 Å². The van der Waals surface area contributed by atoms with Gasteiger partial charge in [0.15, 0.2) is 0 Å². The van der Waals surface area contributed by atoms with Crippen molar-refractivity contribution in [3.05, 3.63) is 0 Å². The summed E-state index contributed by atoms with van der Waals surface area (Å²) in [7, 11) is 0. The van der Waals surface area contributed by atoms with Gasteiger partial charge < -0.3 is 11.1 Å². The molecule has 3 amide bonds. The molecule has 72 valence electrons. The predicted molar refractivity (Wildman–Crippen MR) is 45.7 cm³/mol. The molecule has 3 unspecified atom stereocenters. The highest BCUT2D eigenvalue weighted by molar-refractivity contribution is 6.07. The molecule has 4 N–H and O–H groups in total. The van der Waals surface area contributed by atoms with Crippen LogP contribution < -0.4 is 16.4 Å². The van der Waals surface area contributed by atoms with E-state index < -0.39 is 11.6 Å². The monoisotopic (exact) mass is 183 g/mol. The number of urea groups is 1. The van der Waals surface area contributed by atoms with Crippen LogP contribution in [0.5, 0.6) is 0 Å². The summed E-state index contributed by atoms with van der Waals surface area (Å²) in [4.78, 5) is 22.5. The van der Waals surface area contributed by atoms with E-state index in [1.807, 2.05) is 0 Å². The van der Waals surface area contributed by atoms with Crippen LogP contribution >= 0.6 is 0 Å². The van der Waals surface area contributed by atoms with Gasteiger partial charge in [-0.2, -0.15) is 0 Å². The van der Waals surface area contributed by atoms with Gasteiger partial charge in [0, 0.05) is 6.54 Å². The van der Waals surface area contributed by atoms with Crippen molar-refractivity contribution in [3.8, 4) is 0 Å². The van der Waals surface area contributed by atoms with E-state index in [2.05, 4.69) is 17.6 Å². The number of hydrogen-bond acceptors (Lipinski definition) is 3. The summed E-state index contributed by atoms with van der Waals surface area (Å²) < 4.78 is 0. The lowest BCUT2D eigenvalue weighted by Gasteiger charge is -2.23. The maximum Gasteiger partial charge on any atom is 0.322 e. The van der Waals surface area contributed by atoms with Gasteiger partial charge in [-0.05, 0) is 18.3 Å². The molecule has 1 saturated heterocycles. The van der Waals surface area contributed by atoms with Crippen molar-refractivity contribution in [2.75, 3.05) is 6.54 Å². The van der Waals surface area contributed by atoms with E-state index in [9.17, 15) is 9.59 Å². The third-order valence-electron chi connectivity index (χ3n) is 3.03. The Labute approximate surface area is 76.0 Å². The minimum Gasteiger partial charge on any atom is -0.328 e. The molecule has 0 radical (unpaired) electrons. The normalized spacial score (nSPS) is 42.9. The van der Waals surface area contributed by atoms with Crippen molar-refractivity contribution in [3.63, 3.8) is 0 Å². The molecular weight excluding hydrogens is 170 g/mol. The molecule has 1 aliphatic carbocycles. The van der Waals surface area contributed by atoms with Gasteiger partial charge in [-0.1, -0.05) is 6.92 Å². The van der Waals surface area contributed by atoms with E-state index in [1.54, 1.807) is 0 Å². The summed E-state index contributed by atoms with van der Waals surface area (Å²) in [5, 5.41) is 4.87. The lowest BCUT2D eigenvalue weighted by atomic mass is 9.92. The van der Waals surface area contributed by atoms with Crippen molar-refractivity contribution in [2.24, 2.45) is 17.6 Å². The van der Waals surface area contributed by atoms with Gasteiger partial charge in [-0.15, -0.1) is 0 Å². The largest absolute Gasteiger partial charge is 0.328 e. The van der Waals surface area contributed by atoms with E-state index in [0.29, 0.717) is 5.92 Å². The zero-order valence-electron chi connectivity index (χ0n) is 7.46. The number of hydrogen-bond donors (Lipinski definition) is 3. The number of rotatable bonds is 2. The first-order chi connectivity index (χ1) is 6.10. The van der Waals surface area contributed by atoms with E-state index in [1.165, 1.54) is 0 Å². The maximum atomic E-state index is 11.5. The van der Waals surface area contributed by atoms with Crippen molar-refractivity contribution >= 4 is 11.9 Å². The minimum absolute atomic E-state index is 0.180. The second-order valence-electron chi connectivity index (χ2n) is 3.90. The number of nitrogens with one attached hydrogen (secondary N) is 2. The SMILES string of the molecule is CC1CC1C1(CN)NC(=O)NC1=O. The molecule has 0 spiro atoms. The average molecular weight is 183 g/mol. The van der Waals surface area contributed by atoms with Crippen LogP contribution in [-0.2, 0) is 4.79 Å². The van der Waals surface area contributed by atoms with Gasteiger partial charge in [0.25, 0.3) is 5.91 Å². The molecule has 1 aliphatic heterocycles. The average Bonchev–Trinajstić information content (AvgIpc) is 2.71. The van der Waals surface area contributed by atoms with Crippen LogP contribution in [0.4, 0.5) is 4.79 Å². The summed E-state index contributed by atoms with van der Waals surface area (Å²) in [5.41, 5.74) is 4.73. The topological polar surface area (TPSA) is 84.2 Å². The molecule has 3 atom stereocenters. The minimum atomic E-state index is -0.823. The Kier molecular flexibility index (Phi) is 1.60. The van der Waals surface area contributed by atoms with Gasteiger partial charge >= 0.3 is 6.03 Å². The number of imide groups is 1. The Bertz CT molecular complexity index is 279. The fraction of sp³-hybridized carbons (Fsp3) is 0.750. The second-order valence-corrected chi connectivity index (χ2v) is 3.90. The first kappa shape index (κ1) is 8.50. The summed E-state index contributed by atoms with van der Waals surface area (Å²) in [6, 6.07) is -0.422. The van der Waals surface area contributed by atoms with Crippen LogP contribution in [0.2, 0.25) is 0 Å². The van der Waals surface area contributed by atoms with Crippen LogP contribution in [0.25, 0.3) is 0 Å². The molecule has 0 bridgehead atoms. The predicted octanol–water partition coefficient (Wildman–Crippen LogP) is -0.821. The Morgan fingerprint density at radius 3 is 2.54 bits per heavy atom. The highest BCUT2D eigenvalue weighted by atomic mass is 16.2. The Hall–Kier alpha value is -1.10. The highest BCUT2D eigenvalue weighted by Gasteiger charge is 2.58. The molecule has 5 nitrogen and oxygen atoms in total. The van der Waals surface area contributed by atoms with E-state index >= 15 is 0 Å². The van der Waals surface area contributed by atoms with Crippen LogP contribution in [-0.4, -0.2) is 24.0 Å². The Balaban J connectivity index is 2.24. The lowest BCUT2D eigenvalue weighted by molar-refractivity contribution is -0.124. The third-order valence-corrected chi connectivity index (χ3v) is 3.03. The lowest BCUT2D eigenvalue weighted by Crippen LogP contribution is -2.55. The highest BCUT2D eigenvalue weighted by Crippen LogP contribution is 2.46. The molecule has 2 fully saturated rings. The van der Waals surface area contributed by atoms with Crippen LogP contribution in [0.1, 0.15) is 13.3 Å². The molecular formula is C8H13N3O2. The van der Waals surface area contributed by atoms with Crippen LogP contribution in [0.3, 0.4) is 0 Å². The molecule has 1 heterocycles. The van der Waals surface area contributed by atoms with Crippen molar-refractivity contribution in [1.29, 1.82) is 0 Å². The third kappa shape index (κ3) is 1.03. The maximum absolute atomic E-state index is 11.5. The first-order valence-electron chi connectivity index (χ1n) is 4.44. The van der Waals surface area contributed by atoms with Crippen molar-refractivity contribution in [2.45, 2.75) is 18.9 Å². The summed E-state index contributed by atoms with van der Waals surface area (Å²) in [6.45, 7) is 2.24. The number of carbonyl (C=O) groups excluding carboxylic acids is 2. The first-order valence-corrected chi connectivity index (χ1v) is 4.44. The fourth-order valence-electron chi connectivity index (χ4n) is 2.07. The zero-order chi connectivity index (χ0) is 9.64. The smallest absolute Gasteiger partial charge is 0.322 e. The van der Waals surface area contributed by atoms with Crippen LogP contribution in [0.15, 0.2) is 0 Å². The summed E-state index contributed by atoms with van der Waals surface area (Å²) in [6.07, 6.45) is 0.963. The number of amides is 3. The van der Waals surface area contributed by atoms with Gasteiger partial charge in [-0.3, -0.25) is 10.1 Å². The Morgan fingerprint density at radius 2 is 2.23 bits per heavy atom. The molecule has 1 saturated carbocycles. The van der Waals surface area contributed by atoms with E-state index in [-0.39, 0.29) is 18.4 Å². The molecule has 2 rings (SSSR count). The van der Waals surface area contributed by atoms with E-state index in [4.69, 9.17) is 5.73 Å². The quantitative estimate of drug-likeness (QED) is 0.489. The van der Waals surface area contributed by atoms with E-state index in [0.717, 1.165) is 6.42 Å². The number of nitrogens with two attached hydrogens (primary N) is 1.